The average Bonchev–Trinajstić information content (AvgIpc) is 3.30. The molecule has 2 aromatic heterocycles. The minimum Gasteiger partial charge on any atom is -0.393 e. The van der Waals surface area contributed by atoms with Crippen LogP contribution < -0.4 is 10.6 Å². The first-order valence-electron chi connectivity index (χ1n) is 11.1. The van der Waals surface area contributed by atoms with Crippen molar-refractivity contribution < 1.29 is 13.6 Å². The molecular weight excluding hydrogens is 424 g/mol. The summed E-state index contributed by atoms with van der Waals surface area (Å²) in [5, 5.41) is 13.3. The summed E-state index contributed by atoms with van der Waals surface area (Å²) >= 11 is 0. The van der Waals surface area contributed by atoms with E-state index >= 15 is 0 Å². The van der Waals surface area contributed by atoms with Crippen LogP contribution in [0.2, 0.25) is 0 Å². The molecule has 8 heteroatoms. The van der Waals surface area contributed by atoms with Gasteiger partial charge in [0.1, 0.15) is 5.65 Å². The van der Waals surface area contributed by atoms with Gasteiger partial charge in [-0.2, -0.15) is 0 Å². The van der Waals surface area contributed by atoms with E-state index in [0.29, 0.717) is 16.8 Å². The monoisotopic (exact) mass is 451 g/mol. The Kier molecular flexibility index (Phi) is 6.82. The summed E-state index contributed by atoms with van der Waals surface area (Å²) in [5.41, 5.74) is 2.03. The highest BCUT2D eigenvalue weighted by atomic mass is 19.2. The Morgan fingerprint density at radius 2 is 2.00 bits per heavy atom. The van der Waals surface area contributed by atoms with Gasteiger partial charge in [-0.1, -0.05) is 31.4 Å². The average molecular weight is 452 g/mol. The highest BCUT2D eigenvalue weighted by Crippen LogP contribution is 2.25. The molecule has 3 aromatic rings. The molecule has 2 heterocycles. The Hall–Kier alpha value is -3.55. The third kappa shape index (κ3) is 4.79. The molecule has 6 nitrogen and oxygen atoms in total. The van der Waals surface area contributed by atoms with Gasteiger partial charge in [-0.15, -0.1) is 0 Å². The van der Waals surface area contributed by atoms with Crippen LogP contribution in [0.4, 0.5) is 8.78 Å². The number of nitrogens with zero attached hydrogens (tertiary/aromatic N) is 2. The zero-order valence-corrected chi connectivity index (χ0v) is 18.5. The fraction of sp³-hybridized carbons (Fsp3) is 0.320. The lowest BCUT2D eigenvalue weighted by Crippen LogP contribution is -2.36. The van der Waals surface area contributed by atoms with Gasteiger partial charge < -0.3 is 20.4 Å². The van der Waals surface area contributed by atoms with E-state index in [1.54, 1.807) is 36.1 Å². The number of amides is 1. The van der Waals surface area contributed by atoms with Gasteiger partial charge in [0.25, 0.3) is 5.91 Å². The lowest BCUT2D eigenvalue weighted by molar-refractivity contribution is 0.0928. The highest BCUT2D eigenvalue weighted by molar-refractivity contribution is 6.08. The van der Waals surface area contributed by atoms with E-state index in [2.05, 4.69) is 15.6 Å². The topological polar surface area (TPSA) is 82.3 Å². The number of hydrogen-bond acceptors (Lipinski definition) is 4. The van der Waals surface area contributed by atoms with Crippen LogP contribution in [0.5, 0.6) is 0 Å². The number of fused-ring (bicyclic) bond motifs is 1. The summed E-state index contributed by atoms with van der Waals surface area (Å²) in [7, 11) is 1.63. The number of aromatic nitrogens is 2. The van der Waals surface area contributed by atoms with Gasteiger partial charge >= 0.3 is 0 Å². The molecule has 0 aliphatic heterocycles. The van der Waals surface area contributed by atoms with Gasteiger partial charge in [-0.3, -0.25) is 4.79 Å². The Labute approximate surface area is 191 Å². The van der Waals surface area contributed by atoms with Gasteiger partial charge in [-0.25, -0.2) is 13.8 Å². The van der Waals surface area contributed by atoms with Crippen molar-refractivity contribution in [3.8, 4) is 0 Å². The molecule has 3 N–H and O–H groups in total. The second-order valence-electron chi connectivity index (χ2n) is 8.34. The quantitative estimate of drug-likeness (QED) is 0.464. The Morgan fingerprint density at radius 1 is 1.21 bits per heavy atom. The number of carbonyl (C=O) groups is 1. The van der Waals surface area contributed by atoms with Gasteiger partial charge in [0, 0.05) is 61.7 Å². The zero-order chi connectivity index (χ0) is 23.4. The van der Waals surface area contributed by atoms with Crippen LogP contribution in [0.15, 0.2) is 43.0 Å². The van der Waals surface area contributed by atoms with Gasteiger partial charge in [0.05, 0.1) is 5.56 Å². The smallest absolute Gasteiger partial charge is 0.255 e. The second kappa shape index (κ2) is 9.94. The second-order valence-corrected chi connectivity index (χ2v) is 8.34. The third-order valence-corrected chi connectivity index (χ3v) is 6.05. The molecule has 1 amide bonds. The molecule has 0 saturated heterocycles. The van der Waals surface area contributed by atoms with Crippen LogP contribution >= 0.6 is 0 Å². The highest BCUT2D eigenvalue weighted by Gasteiger charge is 2.21. The molecule has 0 unspecified atom stereocenters. The summed E-state index contributed by atoms with van der Waals surface area (Å²) < 4.78 is 31.4. The third-order valence-electron chi connectivity index (χ3n) is 6.05. The number of pyridine rings is 1. The van der Waals surface area contributed by atoms with E-state index in [-0.39, 0.29) is 35.1 Å². The molecule has 1 aliphatic rings. The maximum atomic E-state index is 14.9. The Morgan fingerprint density at radius 3 is 2.73 bits per heavy atom. The van der Waals surface area contributed by atoms with Gasteiger partial charge in [-0.05, 0) is 30.0 Å². The van der Waals surface area contributed by atoms with E-state index in [4.69, 9.17) is 5.41 Å². The van der Waals surface area contributed by atoms with Crippen molar-refractivity contribution >= 4 is 23.3 Å². The Bertz CT molecular complexity index is 1210. The van der Waals surface area contributed by atoms with Crippen molar-refractivity contribution in [3.05, 3.63) is 76.9 Å². The van der Waals surface area contributed by atoms with E-state index in [0.717, 1.165) is 31.9 Å². The lowest BCUT2D eigenvalue weighted by Gasteiger charge is -2.23. The van der Waals surface area contributed by atoms with Gasteiger partial charge in [0.2, 0.25) is 0 Å². The van der Waals surface area contributed by atoms with E-state index < -0.39 is 11.6 Å². The maximum Gasteiger partial charge on any atom is 0.255 e. The van der Waals surface area contributed by atoms with E-state index in [1.165, 1.54) is 24.8 Å². The summed E-state index contributed by atoms with van der Waals surface area (Å²) in [6.45, 7) is 0. The van der Waals surface area contributed by atoms with Crippen molar-refractivity contribution in [1.29, 1.82) is 5.41 Å². The first-order chi connectivity index (χ1) is 16.0. The van der Waals surface area contributed by atoms with Crippen LogP contribution in [0.3, 0.4) is 0 Å². The number of carbonyl (C=O) groups excluding carboxylic acids is 1. The van der Waals surface area contributed by atoms with Crippen LogP contribution in [0, 0.1) is 17.0 Å². The maximum absolute atomic E-state index is 14.9. The molecule has 0 spiro atoms. The van der Waals surface area contributed by atoms with Crippen molar-refractivity contribution in [2.45, 2.75) is 44.6 Å². The summed E-state index contributed by atoms with van der Waals surface area (Å²) in [4.78, 5) is 17.3. The number of halogens is 2. The van der Waals surface area contributed by atoms with Crippen LogP contribution in [-0.2, 0) is 6.42 Å². The number of benzene rings is 1. The molecule has 0 bridgehead atoms. The minimum atomic E-state index is -1.00. The van der Waals surface area contributed by atoms with E-state index in [9.17, 15) is 13.6 Å². The van der Waals surface area contributed by atoms with Gasteiger partial charge in [0.15, 0.2) is 11.6 Å². The first-order valence-corrected chi connectivity index (χ1v) is 11.1. The summed E-state index contributed by atoms with van der Waals surface area (Å²) in [6, 6.07) is 4.84. The van der Waals surface area contributed by atoms with Crippen LogP contribution in [-0.4, -0.2) is 34.6 Å². The molecule has 1 saturated carbocycles. The number of imidazole rings is 1. The standard InChI is InChI=1S/C25H27F2N5O/c1-29-14-18(13-28)20-8-7-17(22(26)23(20)27)11-16-12-21(24-30-9-10-32(24)15-16)25(33)31-19-5-3-2-4-6-19/h7-10,12-15,19,28-29H,2-6,11H2,1H3,(H,31,33)/b18-14+,28-13?. The molecule has 0 radical (unpaired) electrons. The van der Waals surface area contributed by atoms with Crippen molar-refractivity contribution in [1.82, 2.24) is 20.0 Å². The first kappa shape index (κ1) is 22.6. The van der Waals surface area contributed by atoms with Crippen LogP contribution in [0.25, 0.3) is 11.2 Å². The molecule has 1 aromatic carbocycles. The van der Waals surface area contributed by atoms with Crippen molar-refractivity contribution in [3.63, 3.8) is 0 Å². The molecule has 1 fully saturated rings. The minimum absolute atomic E-state index is 0.0122. The fourth-order valence-corrected chi connectivity index (χ4v) is 4.39. The SMILES string of the molecule is CN/C=C(\C=N)c1ccc(Cc2cc(C(=O)NC3CCCCC3)c3nccn3c2)c(F)c1F. The van der Waals surface area contributed by atoms with Crippen molar-refractivity contribution in [2.75, 3.05) is 7.05 Å². The molecule has 1 aliphatic carbocycles. The lowest BCUT2D eigenvalue weighted by atomic mass is 9.95. The van der Waals surface area contributed by atoms with E-state index in [1.807, 2.05) is 0 Å². The van der Waals surface area contributed by atoms with Crippen LogP contribution in [0.1, 0.15) is 59.2 Å². The summed E-state index contributed by atoms with van der Waals surface area (Å²) in [6.07, 6.45) is 13.0. The molecule has 172 valence electrons. The molecule has 33 heavy (non-hydrogen) atoms. The number of nitrogens with one attached hydrogen (secondary N) is 3. The summed E-state index contributed by atoms with van der Waals surface area (Å²) in [5.74, 6) is -2.17. The zero-order valence-electron chi connectivity index (χ0n) is 18.5. The normalized spacial score (nSPS) is 14.9. The number of hydrogen-bond donors (Lipinski definition) is 3. The predicted molar refractivity (Wildman–Crippen MR) is 125 cm³/mol. The largest absolute Gasteiger partial charge is 0.393 e. The molecule has 4 rings (SSSR count). The molecular formula is C25H27F2N5O. The number of rotatable bonds is 7. The number of allylic oxidation sites excluding steroid dienone is 1. The molecule has 0 atom stereocenters. The fourth-order valence-electron chi connectivity index (χ4n) is 4.39. The predicted octanol–water partition coefficient (Wildman–Crippen LogP) is 4.48. The van der Waals surface area contributed by atoms with Crippen molar-refractivity contribution in [2.24, 2.45) is 0 Å². The Balaban J connectivity index is 1.64.